The molecule has 1 aromatic rings. The van der Waals surface area contributed by atoms with Crippen LogP contribution in [0.3, 0.4) is 0 Å². The third-order valence-corrected chi connectivity index (χ3v) is 5.65. The van der Waals surface area contributed by atoms with Gasteiger partial charge in [-0.15, -0.1) is 0 Å². The Labute approximate surface area is 117 Å². The molecule has 0 amide bonds. The minimum atomic E-state index is -3.74. The lowest BCUT2D eigenvalue weighted by molar-refractivity contribution is 0.293. The van der Waals surface area contributed by atoms with Gasteiger partial charge in [0, 0.05) is 19.1 Å². The van der Waals surface area contributed by atoms with E-state index < -0.39 is 15.8 Å². The van der Waals surface area contributed by atoms with Crippen LogP contribution in [-0.2, 0) is 10.0 Å². The van der Waals surface area contributed by atoms with Crippen LogP contribution in [0, 0.1) is 5.82 Å². The molecule has 1 fully saturated rings. The van der Waals surface area contributed by atoms with E-state index in [1.165, 1.54) is 10.4 Å². The van der Waals surface area contributed by atoms with Crippen LogP contribution in [0.1, 0.15) is 12.8 Å². The Kier molecular flexibility index (Phi) is 4.45. The molecule has 1 atom stereocenters. The van der Waals surface area contributed by atoms with Crippen LogP contribution in [0.5, 0.6) is 0 Å². The zero-order valence-electron chi connectivity index (χ0n) is 10.6. The van der Waals surface area contributed by atoms with Crippen LogP contribution in [0.2, 0.25) is 5.02 Å². The molecule has 0 saturated carbocycles. The van der Waals surface area contributed by atoms with E-state index in [0.29, 0.717) is 13.1 Å². The Balaban J connectivity index is 2.34. The van der Waals surface area contributed by atoms with Crippen LogP contribution < -0.4 is 5.32 Å². The van der Waals surface area contributed by atoms with Crippen LogP contribution in [0.15, 0.2) is 23.1 Å². The highest BCUT2D eigenvalue weighted by atomic mass is 35.5. The summed E-state index contributed by atoms with van der Waals surface area (Å²) in [7, 11) is -1.94. The SMILES string of the molecule is CNC1CCCN(S(=O)(=O)c2cc(F)ccc2Cl)C1. The van der Waals surface area contributed by atoms with Gasteiger partial charge in [0.1, 0.15) is 10.7 Å². The number of likely N-dealkylation sites (N-methyl/N-ethyl adjacent to an activating group) is 1. The Morgan fingerprint density at radius 2 is 2.21 bits per heavy atom. The Hall–Kier alpha value is -0.690. The number of nitrogens with zero attached hydrogens (tertiary/aromatic N) is 1. The van der Waals surface area contributed by atoms with Gasteiger partial charge in [-0.25, -0.2) is 12.8 Å². The molecule has 1 aliphatic rings. The maximum atomic E-state index is 13.2. The van der Waals surface area contributed by atoms with Crippen LogP contribution in [0.25, 0.3) is 0 Å². The summed E-state index contributed by atoms with van der Waals surface area (Å²) in [6, 6.07) is 3.51. The van der Waals surface area contributed by atoms with E-state index in [-0.39, 0.29) is 16.0 Å². The summed E-state index contributed by atoms with van der Waals surface area (Å²) in [6.07, 6.45) is 1.71. The summed E-state index contributed by atoms with van der Waals surface area (Å²) in [4.78, 5) is -0.161. The van der Waals surface area contributed by atoms with Crippen molar-refractivity contribution in [1.82, 2.24) is 9.62 Å². The molecule has 0 radical (unpaired) electrons. The fourth-order valence-electron chi connectivity index (χ4n) is 2.21. The van der Waals surface area contributed by atoms with Gasteiger partial charge in [0.2, 0.25) is 10.0 Å². The Bertz CT molecular complexity index is 565. The van der Waals surface area contributed by atoms with Crippen molar-refractivity contribution in [2.45, 2.75) is 23.8 Å². The topological polar surface area (TPSA) is 49.4 Å². The lowest BCUT2D eigenvalue weighted by Crippen LogP contribution is -2.46. The molecule has 1 aliphatic heterocycles. The van der Waals surface area contributed by atoms with Crippen LogP contribution in [-0.4, -0.2) is 38.9 Å². The smallest absolute Gasteiger partial charge is 0.244 e. The molecular formula is C12H16ClFN2O2S. The van der Waals surface area contributed by atoms with E-state index in [9.17, 15) is 12.8 Å². The second kappa shape index (κ2) is 5.75. The van der Waals surface area contributed by atoms with Crippen molar-refractivity contribution in [3.8, 4) is 0 Å². The summed E-state index contributed by atoms with van der Waals surface area (Å²) in [5, 5.41) is 3.12. The van der Waals surface area contributed by atoms with Gasteiger partial charge in [0.25, 0.3) is 0 Å². The molecule has 106 valence electrons. The van der Waals surface area contributed by atoms with Crippen molar-refractivity contribution in [2.24, 2.45) is 0 Å². The van der Waals surface area contributed by atoms with Gasteiger partial charge >= 0.3 is 0 Å². The maximum absolute atomic E-state index is 13.2. The first kappa shape index (κ1) is 14.7. The molecule has 7 heteroatoms. The zero-order valence-corrected chi connectivity index (χ0v) is 12.1. The lowest BCUT2D eigenvalue weighted by atomic mass is 10.1. The number of rotatable bonds is 3. The van der Waals surface area contributed by atoms with Crippen LogP contribution >= 0.6 is 11.6 Å². The largest absolute Gasteiger partial charge is 0.316 e. The van der Waals surface area contributed by atoms with E-state index in [2.05, 4.69) is 5.32 Å². The maximum Gasteiger partial charge on any atom is 0.244 e. The molecule has 1 N–H and O–H groups in total. The monoisotopic (exact) mass is 306 g/mol. The highest BCUT2D eigenvalue weighted by Gasteiger charge is 2.31. The van der Waals surface area contributed by atoms with E-state index in [1.807, 2.05) is 0 Å². The number of nitrogens with one attached hydrogen (secondary N) is 1. The van der Waals surface area contributed by atoms with Gasteiger partial charge in [-0.3, -0.25) is 0 Å². The highest BCUT2D eigenvalue weighted by molar-refractivity contribution is 7.89. The molecule has 19 heavy (non-hydrogen) atoms. The average molecular weight is 307 g/mol. The summed E-state index contributed by atoms with van der Waals surface area (Å²) in [6.45, 7) is 0.818. The van der Waals surface area contributed by atoms with Crippen molar-refractivity contribution < 1.29 is 12.8 Å². The minimum absolute atomic E-state index is 0.0491. The molecule has 0 bridgehead atoms. The normalized spacial score (nSPS) is 21.5. The predicted octanol–water partition coefficient (Wildman–Crippen LogP) is 1.85. The van der Waals surface area contributed by atoms with Crippen molar-refractivity contribution in [3.63, 3.8) is 0 Å². The van der Waals surface area contributed by atoms with E-state index in [4.69, 9.17) is 11.6 Å². The molecular weight excluding hydrogens is 291 g/mol. The van der Waals surface area contributed by atoms with E-state index in [1.54, 1.807) is 7.05 Å². The number of piperidine rings is 1. The summed E-state index contributed by atoms with van der Waals surface area (Å²) in [5.41, 5.74) is 0. The van der Waals surface area contributed by atoms with Gasteiger partial charge in [-0.1, -0.05) is 11.6 Å². The Morgan fingerprint density at radius 1 is 1.47 bits per heavy atom. The van der Waals surface area contributed by atoms with Crippen molar-refractivity contribution in [3.05, 3.63) is 29.0 Å². The first-order valence-electron chi connectivity index (χ1n) is 6.07. The molecule has 0 aliphatic carbocycles. The average Bonchev–Trinajstić information content (AvgIpc) is 2.41. The second-order valence-electron chi connectivity index (χ2n) is 4.57. The van der Waals surface area contributed by atoms with Gasteiger partial charge < -0.3 is 5.32 Å². The number of hydrogen-bond donors (Lipinski definition) is 1. The zero-order chi connectivity index (χ0) is 14.0. The number of hydrogen-bond acceptors (Lipinski definition) is 3. The molecule has 1 aromatic carbocycles. The molecule has 2 rings (SSSR count). The fraction of sp³-hybridized carbons (Fsp3) is 0.500. The minimum Gasteiger partial charge on any atom is -0.316 e. The molecule has 1 heterocycles. The predicted molar refractivity (Wildman–Crippen MR) is 72.3 cm³/mol. The third kappa shape index (κ3) is 3.08. The molecule has 4 nitrogen and oxygen atoms in total. The van der Waals surface area contributed by atoms with Gasteiger partial charge in [-0.05, 0) is 38.1 Å². The molecule has 0 spiro atoms. The molecule has 1 saturated heterocycles. The second-order valence-corrected chi connectivity index (χ2v) is 6.88. The van der Waals surface area contributed by atoms with Crippen LogP contribution in [0.4, 0.5) is 4.39 Å². The van der Waals surface area contributed by atoms with Crippen molar-refractivity contribution in [2.75, 3.05) is 20.1 Å². The first-order chi connectivity index (χ1) is 8.95. The Morgan fingerprint density at radius 3 is 2.89 bits per heavy atom. The standard InChI is InChI=1S/C12H16ClFN2O2S/c1-15-10-3-2-6-16(8-10)19(17,18)12-7-9(14)4-5-11(12)13/h4-5,7,10,15H,2-3,6,8H2,1H3. The lowest BCUT2D eigenvalue weighted by Gasteiger charge is -2.31. The summed E-state index contributed by atoms with van der Waals surface area (Å²) >= 11 is 5.88. The quantitative estimate of drug-likeness (QED) is 0.927. The first-order valence-corrected chi connectivity index (χ1v) is 7.89. The fourth-order valence-corrected chi connectivity index (χ4v) is 4.22. The van der Waals surface area contributed by atoms with Gasteiger partial charge in [0.05, 0.1) is 5.02 Å². The van der Waals surface area contributed by atoms with Crippen molar-refractivity contribution >= 4 is 21.6 Å². The third-order valence-electron chi connectivity index (χ3n) is 3.30. The molecule has 0 aromatic heterocycles. The highest BCUT2D eigenvalue weighted by Crippen LogP contribution is 2.27. The number of benzene rings is 1. The number of halogens is 2. The van der Waals surface area contributed by atoms with Gasteiger partial charge in [-0.2, -0.15) is 4.31 Å². The van der Waals surface area contributed by atoms with Gasteiger partial charge in [0.15, 0.2) is 0 Å². The summed E-state index contributed by atoms with van der Waals surface area (Å²) in [5.74, 6) is -0.606. The summed E-state index contributed by atoms with van der Waals surface area (Å²) < 4.78 is 39.5. The van der Waals surface area contributed by atoms with Crippen molar-refractivity contribution in [1.29, 1.82) is 0 Å². The van der Waals surface area contributed by atoms with E-state index >= 15 is 0 Å². The molecule has 1 unspecified atom stereocenters. The number of sulfonamides is 1. The van der Waals surface area contributed by atoms with E-state index in [0.717, 1.165) is 25.0 Å².